The van der Waals surface area contributed by atoms with Gasteiger partial charge in [0, 0.05) is 21.9 Å². The average molecular weight is 351 g/mol. The van der Waals surface area contributed by atoms with Crippen LogP contribution in [0.25, 0.3) is 0 Å². The van der Waals surface area contributed by atoms with Crippen LogP contribution in [-0.4, -0.2) is 16.7 Å². The molecule has 0 radical (unpaired) electrons. The Bertz CT molecular complexity index is 771. The van der Waals surface area contributed by atoms with Crippen LogP contribution in [0.15, 0.2) is 30.3 Å². The lowest BCUT2D eigenvalue weighted by atomic mass is 10.1. The number of nitrogens with two attached hydrogens (primary N) is 1. The van der Waals surface area contributed by atoms with Crippen LogP contribution in [0.2, 0.25) is 10.0 Å². The molecule has 0 saturated heterocycles. The van der Waals surface area contributed by atoms with Gasteiger partial charge in [-0.3, -0.25) is 4.79 Å². The zero-order valence-corrected chi connectivity index (χ0v) is 14.0. The van der Waals surface area contributed by atoms with Crippen molar-refractivity contribution in [3.05, 3.63) is 62.6 Å². The predicted octanol–water partition coefficient (Wildman–Crippen LogP) is 4.11. The van der Waals surface area contributed by atoms with Gasteiger partial charge in [-0.15, -0.1) is 0 Å². The number of nitrogens with one attached hydrogen (secondary N) is 1. The van der Waals surface area contributed by atoms with E-state index in [1.807, 2.05) is 19.1 Å². The van der Waals surface area contributed by atoms with Crippen LogP contribution in [0.3, 0.4) is 0 Å². The van der Waals surface area contributed by atoms with Gasteiger partial charge in [-0.2, -0.15) is 0 Å². The Hall–Kier alpha value is -2.04. The predicted molar refractivity (Wildman–Crippen MR) is 93.0 cm³/mol. The maximum Gasteiger partial charge on any atom is 0.248 e. The molecule has 0 unspecified atom stereocenters. The van der Waals surface area contributed by atoms with Gasteiger partial charge in [-0.05, 0) is 43.5 Å². The zero-order chi connectivity index (χ0) is 17.1. The number of hydrogen-bond acceptors (Lipinski definition) is 3. The van der Waals surface area contributed by atoms with Gasteiger partial charge in [0.25, 0.3) is 0 Å². The molecule has 0 heterocycles. The van der Waals surface area contributed by atoms with Gasteiger partial charge in [0.15, 0.2) is 0 Å². The van der Waals surface area contributed by atoms with E-state index in [-0.39, 0.29) is 16.7 Å². The lowest BCUT2D eigenvalue weighted by Crippen LogP contribution is -2.10. The summed E-state index contributed by atoms with van der Waals surface area (Å²) in [5, 5.41) is 17.9. The molecule has 0 bridgehead atoms. The van der Waals surface area contributed by atoms with Crippen molar-refractivity contribution in [2.45, 2.75) is 19.8 Å². The fraction of sp³-hybridized carbons (Fsp3) is 0.176. The molecular weight excluding hydrogens is 335 g/mol. The van der Waals surface area contributed by atoms with Gasteiger partial charge in [0.1, 0.15) is 5.75 Å². The molecule has 23 heavy (non-hydrogen) atoms. The molecule has 1 aliphatic carbocycles. The highest BCUT2D eigenvalue weighted by molar-refractivity contribution is 6.37. The van der Waals surface area contributed by atoms with Gasteiger partial charge in [-0.1, -0.05) is 40.9 Å². The summed E-state index contributed by atoms with van der Waals surface area (Å²) in [6.45, 7) is 1.96. The summed E-state index contributed by atoms with van der Waals surface area (Å²) < 4.78 is 0. The molecule has 4 N–H and O–H groups in total. The van der Waals surface area contributed by atoms with Crippen molar-refractivity contribution < 1.29 is 9.90 Å². The molecule has 0 atom stereocenters. The van der Waals surface area contributed by atoms with Crippen molar-refractivity contribution in [2.24, 2.45) is 5.73 Å². The van der Waals surface area contributed by atoms with Crippen LogP contribution in [0, 0.1) is 12.3 Å². The number of carbonyl (C=O) groups excluding carboxylic acids is 1. The van der Waals surface area contributed by atoms with Crippen molar-refractivity contribution in [2.75, 3.05) is 0 Å². The minimum atomic E-state index is -0.375. The number of amides is 1. The molecule has 1 amide bonds. The summed E-state index contributed by atoms with van der Waals surface area (Å²) in [4.78, 5) is 10.5. The van der Waals surface area contributed by atoms with Crippen LogP contribution >= 0.6 is 23.2 Å². The van der Waals surface area contributed by atoms with Crippen LogP contribution in [-0.2, 0) is 6.42 Å². The number of hydrogen-bond donors (Lipinski definition) is 3. The number of phenolic OH excluding ortho intramolecular Hbond substituents is 1. The number of fused-ring (bicyclic) bond motifs is 1. The second-order valence-electron chi connectivity index (χ2n) is 5.25. The molecule has 0 fully saturated rings. The van der Waals surface area contributed by atoms with Crippen LogP contribution in [0.5, 0.6) is 5.75 Å². The number of halogens is 2. The number of carbonyl (C=O) groups is 1. The quantitative estimate of drug-likeness (QED) is 0.722. The lowest BCUT2D eigenvalue weighted by Gasteiger charge is -2.06. The van der Waals surface area contributed by atoms with E-state index in [0.717, 1.165) is 17.5 Å². The minimum absolute atomic E-state index is 0.0106. The lowest BCUT2D eigenvalue weighted by molar-refractivity contribution is 0.100. The molecule has 4 nitrogen and oxygen atoms in total. The normalized spacial score (nSPS) is 12.4. The molecule has 0 aliphatic heterocycles. The van der Waals surface area contributed by atoms with Gasteiger partial charge in [0.05, 0.1) is 5.02 Å². The first kappa shape index (κ1) is 17.3. The van der Waals surface area contributed by atoms with E-state index >= 15 is 0 Å². The third kappa shape index (κ3) is 3.84. The van der Waals surface area contributed by atoms with Gasteiger partial charge in [-0.25, -0.2) is 0 Å². The third-order valence-electron chi connectivity index (χ3n) is 3.57. The number of aryl methyl sites for hydroxylation is 1. The fourth-order valence-corrected chi connectivity index (χ4v) is 2.87. The number of aromatic hydroxyl groups is 1. The molecule has 2 aromatic rings. The highest BCUT2D eigenvalue weighted by atomic mass is 35.5. The van der Waals surface area contributed by atoms with Crippen molar-refractivity contribution in [1.29, 1.82) is 5.41 Å². The first-order chi connectivity index (χ1) is 10.8. The number of rotatable bonds is 1. The molecule has 120 valence electrons. The molecular formula is C17H16Cl2N2O2. The fourth-order valence-electron chi connectivity index (χ4n) is 2.31. The van der Waals surface area contributed by atoms with Crippen LogP contribution < -0.4 is 5.73 Å². The summed E-state index contributed by atoms with van der Waals surface area (Å²) in [5.41, 5.74) is 8.50. The highest BCUT2D eigenvalue weighted by Gasteiger charge is 2.24. The summed E-state index contributed by atoms with van der Waals surface area (Å²) in [6.07, 6.45) is 1.35. The van der Waals surface area contributed by atoms with E-state index in [1.165, 1.54) is 6.07 Å². The smallest absolute Gasteiger partial charge is 0.248 e. The van der Waals surface area contributed by atoms with Crippen molar-refractivity contribution in [3.63, 3.8) is 0 Å². The van der Waals surface area contributed by atoms with E-state index < -0.39 is 0 Å². The third-order valence-corrected chi connectivity index (χ3v) is 4.19. The second-order valence-corrected chi connectivity index (χ2v) is 6.07. The van der Waals surface area contributed by atoms with Crippen molar-refractivity contribution in [1.82, 2.24) is 0 Å². The first-order valence-electron chi connectivity index (χ1n) is 6.95. The van der Waals surface area contributed by atoms with E-state index in [2.05, 4.69) is 0 Å². The minimum Gasteiger partial charge on any atom is -0.506 e. The molecule has 0 aromatic heterocycles. The number of primary amides is 1. The van der Waals surface area contributed by atoms with Crippen molar-refractivity contribution >= 4 is 34.8 Å². The summed E-state index contributed by atoms with van der Waals surface area (Å²) >= 11 is 11.7. The standard InChI is InChI=1S/C9H7Cl2NO.C8H9NO/c10-5-3-6(11)9(13)8-4(5)1-2-7(8)12;1-6-2-4-7(5-3-6)8(9)10/h3,12-13H,1-2H2;2-5H,1H3,(H2,9,10). The van der Waals surface area contributed by atoms with Crippen LogP contribution in [0.1, 0.15) is 33.5 Å². The second kappa shape index (κ2) is 7.02. The van der Waals surface area contributed by atoms with Gasteiger partial charge in [0.2, 0.25) is 5.91 Å². The van der Waals surface area contributed by atoms with E-state index in [0.29, 0.717) is 28.3 Å². The topological polar surface area (TPSA) is 87.2 Å². The summed E-state index contributed by atoms with van der Waals surface area (Å²) in [5.74, 6) is -0.386. The summed E-state index contributed by atoms with van der Waals surface area (Å²) in [6, 6.07) is 8.69. The Kier molecular flexibility index (Phi) is 5.29. The highest BCUT2D eigenvalue weighted by Crippen LogP contribution is 2.39. The van der Waals surface area contributed by atoms with Crippen molar-refractivity contribution in [3.8, 4) is 5.75 Å². The average Bonchev–Trinajstić information content (AvgIpc) is 2.89. The molecule has 1 aliphatic rings. The van der Waals surface area contributed by atoms with Gasteiger partial charge >= 0.3 is 0 Å². The maximum atomic E-state index is 10.5. The SMILES string of the molecule is Cc1ccc(C(N)=O)cc1.N=C1CCc2c(Cl)cc(Cl)c(O)c21. The Balaban J connectivity index is 0.000000174. The Labute approximate surface area is 144 Å². The van der Waals surface area contributed by atoms with Crippen LogP contribution in [0.4, 0.5) is 0 Å². The Morgan fingerprint density at radius 1 is 1.17 bits per heavy atom. The molecule has 3 rings (SSSR count). The van der Waals surface area contributed by atoms with E-state index in [1.54, 1.807) is 12.1 Å². The molecule has 0 saturated carbocycles. The molecule has 2 aromatic carbocycles. The van der Waals surface area contributed by atoms with Gasteiger partial charge < -0.3 is 16.2 Å². The Morgan fingerprint density at radius 2 is 1.78 bits per heavy atom. The Morgan fingerprint density at radius 3 is 2.35 bits per heavy atom. The number of benzene rings is 2. The monoisotopic (exact) mass is 350 g/mol. The largest absolute Gasteiger partial charge is 0.506 e. The maximum absolute atomic E-state index is 10.5. The number of phenols is 1. The summed E-state index contributed by atoms with van der Waals surface area (Å²) in [7, 11) is 0. The van der Waals surface area contributed by atoms with E-state index in [9.17, 15) is 9.90 Å². The first-order valence-corrected chi connectivity index (χ1v) is 7.71. The van der Waals surface area contributed by atoms with E-state index in [4.69, 9.17) is 34.3 Å². The molecule has 6 heteroatoms. The zero-order valence-electron chi connectivity index (χ0n) is 12.5. The molecule has 0 spiro atoms.